The standard InChI is InChI=1S/C15H15N3/c1-2-5-12-6-3-4-7-15(12)18-14-9-8-13(10-16)17-11-14/h3-4,6-9,11,18H,2,5H2,1H3. The maximum absolute atomic E-state index is 8.70. The third kappa shape index (κ3) is 2.86. The van der Waals surface area contributed by atoms with Gasteiger partial charge in [0.05, 0.1) is 11.9 Å². The Labute approximate surface area is 107 Å². The van der Waals surface area contributed by atoms with Crippen molar-refractivity contribution in [1.29, 1.82) is 5.26 Å². The molecule has 18 heavy (non-hydrogen) atoms. The lowest BCUT2D eigenvalue weighted by Gasteiger charge is -2.11. The van der Waals surface area contributed by atoms with Crippen LogP contribution in [0.3, 0.4) is 0 Å². The molecule has 1 aromatic carbocycles. The molecule has 0 aliphatic carbocycles. The van der Waals surface area contributed by atoms with E-state index >= 15 is 0 Å². The van der Waals surface area contributed by atoms with Gasteiger partial charge in [0.1, 0.15) is 11.8 Å². The lowest BCUT2D eigenvalue weighted by Crippen LogP contribution is -1.96. The number of hydrogen-bond acceptors (Lipinski definition) is 3. The number of hydrogen-bond donors (Lipinski definition) is 1. The Morgan fingerprint density at radius 2 is 2.06 bits per heavy atom. The number of nitrogens with zero attached hydrogens (tertiary/aromatic N) is 2. The van der Waals surface area contributed by atoms with Crippen LogP contribution in [-0.2, 0) is 6.42 Å². The summed E-state index contributed by atoms with van der Waals surface area (Å²) in [6.45, 7) is 2.17. The van der Waals surface area contributed by atoms with E-state index in [1.54, 1.807) is 12.3 Å². The van der Waals surface area contributed by atoms with Crippen molar-refractivity contribution in [3.8, 4) is 6.07 Å². The van der Waals surface area contributed by atoms with Crippen molar-refractivity contribution in [2.75, 3.05) is 5.32 Å². The first-order valence-electron chi connectivity index (χ1n) is 6.04. The SMILES string of the molecule is CCCc1ccccc1Nc1ccc(C#N)nc1. The molecular weight excluding hydrogens is 222 g/mol. The number of nitrogens with one attached hydrogen (secondary N) is 1. The molecule has 0 atom stereocenters. The molecule has 0 fully saturated rings. The number of rotatable bonds is 4. The summed E-state index contributed by atoms with van der Waals surface area (Å²) in [5, 5.41) is 12.0. The van der Waals surface area contributed by atoms with Crippen LogP contribution in [0.25, 0.3) is 0 Å². The van der Waals surface area contributed by atoms with Gasteiger partial charge in [-0.2, -0.15) is 5.26 Å². The van der Waals surface area contributed by atoms with Crippen molar-refractivity contribution >= 4 is 11.4 Å². The number of aromatic nitrogens is 1. The van der Waals surface area contributed by atoms with E-state index < -0.39 is 0 Å². The summed E-state index contributed by atoms with van der Waals surface area (Å²) < 4.78 is 0. The molecule has 0 saturated carbocycles. The van der Waals surface area contributed by atoms with Gasteiger partial charge in [0.25, 0.3) is 0 Å². The molecule has 0 spiro atoms. The van der Waals surface area contributed by atoms with Gasteiger partial charge in [0, 0.05) is 5.69 Å². The van der Waals surface area contributed by atoms with Gasteiger partial charge in [0.2, 0.25) is 0 Å². The minimum absolute atomic E-state index is 0.433. The van der Waals surface area contributed by atoms with Gasteiger partial charge in [0.15, 0.2) is 0 Å². The molecule has 0 radical (unpaired) electrons. The second kappa shape index (κ2) is 5.83. The maximum atomic E-state index is 8.70. The Morgan fingerprint density at radius 3 is 2.72 bits per heavy atom. The molecule has 0 aliphatic rings. The average molecular weight is 237 g/mol. The van der Waals surface area contributed by atoms with Gasteiger partial charge in [-0.25, -0.2) is 4.98 Å². The van der Waals surface area contributed by atoms with E-state index in [1.807, 2.05) is 24.3 Å². The summed E-state index contributed by atoms with van der Waals surface area (Å²) in [6.07, 6.45) is 3.85. The van der Waals surface area contributed by atoms with Crippen LogP contribution < -0.4 is 5.32 Å². The van der Waals surface area contributed by atoms with Crippen LogP contribution in [0.5, 0.6) is 0 Å². The van der Waals surface area contributed by atoms with Gasteiger partial charge in [-0.3, -0.25) is 0 Å². The van der Waals surface area contributed by atoms with E-state index in [1.165, 1.54) is 5.56 Å². The molecule has 2 rings (SSSR count). The molecule has 1 heterocycles. The third-order valence-corrected chi connectivity index (χ3v) is 2.69. The van der Waals surface area contributed by atoms with E-state index in [0.717, 1.165) is 24.2 Å². The zero-order chi connectivity index (χ0) is 12.8. The minimum atomic E-state index is 0.433. The van der Waals surface area contributed by atoms with E-state index in [2.05, 4.69) is 29.4 Å². The van der Waals surface area contributed by atoms with Gasteiger partial charge in [-0.1, -0.05) is 31.5 Å². The highest BCUT2D eigenvalue weighted by Crippen LogP contribution is 2.21. The minimum Gasteiger partial charge on any atom is -0.354 e. The molecular formula is C15H15N3. The van der Waals surface area contributed by atoms with E-state index in [-0.39, 0.29) is 0 Å². The summed E-state index contributed by atoms with van der Waals surface area (Å²) in [7, 11) is 0. The number of pyridine rings is 1. The van der Waals surface area contributed by atoms with Gasteiger partial charge in [-0.15, -0.1) is 0 Å². The fourth-order valence-electron chi connectivity index (χ4n) is 1.82. The third-order valence-electron chi connectivity index (χ3n) is 2.69. The normalized spacial score (nSPS) is 9.78. The summed E-state index contributed by atoms with van der Waals surface area (Å²) >= 11 is 0. The van der Waals surface area contributed by atoms with Gasteiger partial charge >= 0.3 is 0 Å². The fraction of sp³-hybridized carbons (Fsp3) is 0.200. The van der Waals surface area contributed by atoms with Crippen molar-refractivity contribution < 1.29 is 0 Å². The largest absolute Gasteiger partial charge is 0.354 e. The number of aryl methyl sites for hydroxylation is 1. The number of para-hydroxylation sites is 1. The van der Waals surface area contributed by atoms with Crippen molar-refractivity contribution in [3.63, 3.8) is 0 Å². The first kappa shape index (κ1) is 12.1. The number of nitriles is 1. The van der Waals surface area contributed by atoms with Crippen molar-refractivity contribution in [2.24, 2.45) is 0 Å². The highest BCUT2D eigenvalue weighted by atomic mass is 14.9. The lowest BCUT2D eigenvalue weighted by molar-refractivity contribution is 0.923. The first-order chi connectivity index (χ1) is 8.83. The van der Waals surface area contributed by atoms with Crippen LogP contribution >= 0.6 is 0 Å². The predicted molar refractivity (Wildman–Crippen MR) is 72.7 cm³/mol. The molecule has 1 N–H and O–H groups in total. The molecule has 90 valence electrons. The monoisotopic (exact) mass is 237 g/mol. The smallest absolute Gasteiger partial charge is 0.140 e. The summed E-state index contributed by atoms with van der Waals surface area (Å²) in [5.41, 5.74) is 3.73. The van der Waals surface area contributed by atoms with Crippen LogP contribution in [0.15, 0.2) is 42.6 Å². The first-order valence-corrected chi connectivity index (χ1v) is 6.04. The molecule has 3 nitrogen and oxygen atoms in total. The highest BCUT2D eigenvalue weighted by Gasteiger charge is 2.01. The molecule has 3 heteroatoms. The molecule has 2 aromatic rings. The van der Waals surface area contributed by atoms with Crippen LogP contribution in [0.1, 0.15) is 24.6 Å². The Balaban J connectivity index is 2.20. The van der Waals surface area contributed by atoms with Crippen LogP contribution in [0.2, 0.25) is 0 Å². The van der Waals surface area contributed by atoms with Gasteiger partial charge in [-0.05, 0) is 30.2 Å². The predicted octanol–water partition coefficient (Wildman–Crippen LogP) is 3.65. The average Bonchev–Trinajstić information content (AvgIpc) is 2.42. The summed E-state index contributed by atoms with van der Waals surface area (Å²) in [4.78, 5) is 4.05. The summed E-state index contributed by atoms with van der Waals surface area (Å²) in [5.74, 6) is 0. The zero-order valence-corrected chi connectivity index (χ0v) is 10.4. The number of anilines is 2. The maximum Gasteiger partial charge on any atom is 0.140 e. The lowest BCUT2D eigenvalue weighted by atomic mass is 10.1. The fourth-order valence-corrected chi connectivity index (χ4v) is 1.82. The van der Waals surface area contributed by atoms with E-state index in [4.69, 9.17) is 5.26 Å². The van der Waals surface area contributed by atoms with Crippen molar-refractivity contribution in [1.82, 2.24) is 4.98 Å². The Bertz CT molecular complexity index is 553. The van der Waals surface area contributed by atoms with Crippen molar-refractivity contribution in [3.05, 3.63) is 53.9 Å². The van der Waals surface area contributed by atoms with Crippen molar-refractivity contribution in [2.45, 2.75) is 19.8 Å². The van der Waals surface area contributed by atoms with Crippen LogP contribution in [0, 0.1) is 11.3 Å². The van der Waals surface area contributed by atoms with E-state index in [9.17, 15) is 0 Å². The molecule has 0 bridgehead atoms. The topological polar surface area (TPSA) is 48.7 Å². The Kier molecular flexibility index (Phi) is 3.93. The second-order valence-electron chi connectivity index (χ2n) is 4.08. The Hall–Kier alpha value is -2.34. The number of benzene rings is 1. The zero-order valence-electron chi connectivity index (χ0n) is 10.4. The molecule has 1 aromatic heterocycles. The van der Waals surface area contributed by atoms with Crippen LogP contribution in [0.4, 0.5) is 11.4 Å². The quantitative estimate of drug-likeness (QED) is 0.883. The second-order valence-corrected chi connectivity index (χ2v) is 4.08. The van der Waals surface area contributed by atoms with Crippen LogP contribution in [-0.4, -0.2) is 4.98 Å². The molecule has 0 unspecified atom stereocenters. The van der Waals surface area contributed by atoms with Gasteiger partial charge < -0.3 is 5.32 Å². The highest BCUT2D eigenvalue weighted by molar-refractivity contribution is 5.62. The molecule has 0 amide bonds. The Morgan fingerprint density at radius 1 is 1.22 bits per heavy atom. The van der Waals surface area contributed by atoms with E-state index in [0.29, 0.717) is 5.69 Å². The molecule has 0 saturated heterocycles. The summed E-state index contributed by atoms with van der Waals surface area (Å²) in [6, 6.07) is 13.8. The molecule has 0 aliphatic heterocycles.